The van der Waals surface area contributed by atoms with Gasteiger partial charge in [-0.05, 0) is 80.9 Å². The van der Waals surface area contributed by atoms with Crippen LogP contribution in [0.15, 0.2) is 59.7 Å². The van der Waals surface area contributed by atoms with Crippen molar-refractivity contribution < 1.29 is 5.11 Å². The maximum absolute atomic E-state index is 12.0. The lowest BCUT2D eigenvalue weighted by atomic mass is 9.71. The minimum absolute atomic E-state index is 0.0301. The predicted molar refractivity (Wildman–Crippen MR) is 175 cm³/mol. The molecular weight excluding hydrogens is 484 g/mol. The molecule has 0 fully saturated rings. The van der Waals surface area contributed by atoms with E-state index in [2.05, 4.69) is 145 Å². The van der Waals surface area contributed by atoms with Gasteiger partial charge in [0.2, 0.25) is 0 Å². The van der Waals surface area contributed by atoms with E-state index in [4.69, 9.17) is 0 Å². The van der Waals surface area contributed by atoms with E-state index < -0.39 is 0 Å². The molecule has 1 N–H and O–H groups in total. The molecule has 2 aliphatic rings. The Bertz CT molecular complexity index is 1390. The molecule has 0 heterocycles. The van der Waals surface area contributed by atoms with Crippen molar-refractivity contribution >= 4 is 5.57 Å². The third-order valence-corrected chi connectivity index (χ3v) is 9.09. The number of fused-ring (bicyclic) bond motifs is 3. The van der Waals surface area contributed by atoms with Gasteiger partial charge in [0, 0.05) is 23.0 Å². The van der Waals surface area contributed by atoms with Gasteiger partial charge < -0.3 is 5.11 Å². The first-order valence-corrected chi connectivity index (χ1v) is 15.2. The third kappa shape index (κ3) is 5.50. The normalized spacial score (nSPS) is 21.1. The quantitative estimate of drug-likeness (QED) is 0.403. The van der Waals surface area contributed by atoms with Crippen molar-refractivity contribution in [1.29, 1.82) is 0 Å². The summed E-state index contributed by atoms with van der Waals surface area (Å²) in [5, 5.41) is 12.0. The Labute approximate surface area is 245 Å². The Morgan fingerprint density at radius 2 is 1.27 bits per heavy atom. The highest BCUT2D eigenvalue weighted by Crippen LogP contribution is 2.58. The number of allylic oxidation sites excluding steroid dienone is 6. The van der Waals surface area contributed by atoms with Crippen LogP contribution in [0, 0.1) is 11.3 Å². The van der Waals surface area contributed by atoms with Crippen molar-refractivity contribution in [1.82, 2.24) is 0 Å². The Hall–Kier alpha value is -2.54. The molecule has 2 aromatic carbocycles. The molecule has 40 heavy (non-hydrogen) atoms. The second kappa shape index (κ2) is 9.78. The van der Waals surface area contributed by atoms with Gasteiger partial charge in [0.1, 0.15) is 5.75 Å². The lowest BCUT2D eigenvalue weighted by Crippen LogP contribution is -2.20. The summed E-state index contributed by atoms with van der Waals surface area (Å²) < 4.78 is 0. The smallest absolute Gasteiger partial charge is 0.126 e. The van der Waals surface area contributed by atoms with Crippen molar-refractivity contribution in [2.45, 2.75) is 125 Å². The van der Waals surface area contributed by atoms with Crippen molar-refractivity contribution in [3.8, 4) is 5.75 Å². The van der Waals surface area contributed by atoms with E-state index in [1.54, 1.807) is 0 Å². The average Bonchev–Trinajstić information content (AvgIpc) is 3.10. The van der Waals surface area contributed by atoms with Gasteiger partial charge in [-0.25, -0.2) is 0 Å². The molecule has 1 nitrogen and oxygen atoms in total. The van der Waals surface area contributed by atoms with Gasteiger partial charge >= 0.3 is 0 Å². The number of hydrogen-bond donors (Lipinski definition) is 1. The first-order chi connectivity index (χ1) is 18.1. The number of phenols is 1. The van der Waals surface area contributed by atoms with Crippen molar-refractivity contribution in [2.24, 2.45) is 11.3 Å². The molecule has 2 aliphatic carbocycles. The van der Waals surface area contributed by atoms with E-state index in [1.165, 1.54) is 39.0 Å². The van der Waals surface area contributed by atoms with Crippen LogP contribution in [0.25, 0.3) is 5.57 Å². The van der Waals surface area contributed by atoms with Gasteiger partial charge in [0.05, 0.1) is 0 Å². The van der Waals surface area contributed by atoms with E-state index in [-0.39, 0.29) is 27.6 Å². The van der Waals surface area contributed by atoms with Crippen LogP contribution in [-0.4, -0.2) is 5.11 Å². The predicted octanol–water partition coefficient (Wildman–Crippen LogP) is 11.1. The molecule has 0 amide bonds. The van der Waals surface area contributed by atoms with Gasteiger partial charge in [-0.15, -0.1) is 0 Å². The first kappa shape index (κ1) is 30.4. The molecule has 3 atom stereocenters. The van der Waals surface area contributed by atoms with Crippen LogP contribution >= 0.6 is 0 Å². The fraction of sp³-hybridized carbons (Fsp3) is 0.538. The van der Waals surface area contributed by atoms with Crippen LogP contribution < -0.4 is 0 Å². The van der Waals surface area contributed by atoms with Crippen LogP contribution in [0.5, 0.6) is 5.75 Å². The monoisotopic (exact) mass is 538 g/mol. The zero-order chi connectivity index (χ0) is 30.2. The van der Waals surface area contributed by atoms with Crippen LogP contribution in [0.3, 0.4) is 0 Å². The molecule has 0 saturated heterocycles. The molecule has 3 unspecified atom stereocenters. The van der Waals surface area contributed by atoms with E-state index in [0.29, 0.717) is 17.6 Å². The number of benzene rings is 2. The van der Waals surface area contributed by atoms with Crippen LogP contribution in [0.2, 0.25) is 0 Å². The number of rotatable bonds is 2. The summed E-state index contributed by atoms with van der Waals surface area (Å²) in [4.78, 5) is 0. The molecule has 216 valence electrons. The van der Waals surface area contributed by atoms with Crippen LogP contribution in [0.1, 0.15) is 142 Å². The molecular formula is C39H54O. The van der Waals surface area contributed by atoms with Gasteiger partial charge in [-0.2, -0.15) is 0 Å². The number of aromatic hydroxyl groups is 1. The average molecular weight is 539 g/mol. The molecule has 4 rings (SSSR count). The van der Waals surface area contributed by atoms with E-state index in [1.807, 2.05) is 0 Å². The minimum atomic E-state index is -0.171. The molecule has 0 saturated carbocycles. The fourth-order valence-electron chi connectivity index (χ4n) is 6.58. The van der Waals surface area contributed by atoms with E-state index >= 15 is 0 Å². The van der Waals surface area contributed by atoms with Crippen LogP contribution in [-0.2, 0) is 16.2 Å². The minimum Gasteiger partial charge on any atom is -0.507 e. The molecule has 0 spiro atoms. The molecule has 1 heteroatoms. The second-order valence-corrected chi connectivity index (χ2v) is 16.7. The molecule has 0 aromatic heterocycles. The van der Waals surface area contributed by atoms with Gasteiger partial charge in [0.25, 0.3) is 0 Å². The zero-order valence-corrected chi connectivity index (χ0v) is 27.8. The summed E-state index contributed by atoms with van der Waals surface area (Å²) in [5.74, 6) is 1.26. The van der Waals surface area contributed by atoms with Crippen molar-refractivity contribution in [3.63, 3.8) is 0 Å². The maximum Gasteiger partial charge on any atom is 0.126 e. The maximum atomic E-state index is 12.0. The summed E-state index contributed by atoms with van der Waals surface area (Å²) in [5.41, 5.74) is 11.4. The SMILES string of the molecule is CC(C)=C(c1cc(C(C)(C)C)cc(C(C)(C)C)c1O)C1c2cc(C(C)(C)C)ccc2C2C=CC(C(C)(C)C)=CC21. The molecule has 0 radical (unpaired) electrons. The molecule has 0 bridgehead atoms. The Morgan fingerprint density at radius 1 is 0.675 bits per heavy atom. The summed E-state index contributed by atoms with van der Waals surface area (Å²) in [6.45, 7) is 31.8. The molecule has 0 aliphatic heterocycles. The summed E-state index contributed by atoms with van der Waals surface area (Å²) in [6, 6.07) is 11.7. The highest BCUT2D eigenvalue weighted by atomic mass is 16.3. The summed E-state index contributed by atoms with van der Waals surface area (Å²) in [6.07, 6.45) is 7.38. The number of phenolic OH excluding ortho intramolecular Hbond substituents is 1. The van der Waals surface area contributed by atoms with E-state index in [9.17, 15) is 5.11 Å². The Balaban J connectivity index is 2.08. The summed E-state index contributed by atoms with van der Waals surface area (Å²) >= 11 is 0. The first-order valence-electron chi connectivity index (χ1n) is 15.2. The van der Waals surface area contributed by atoms with Gasteiger partial charge in [0.15, 0.2) is 0 Å². The highest BCUT2D eigenvalue weighted by Gasteiger charge is 2.44. The summed E-state index contributed by atoms with van der Waals surface area (Å²) in [7, 11) is 0. The van der Waals surface area contributed by atoms with Crippen LogP contribution in [0.4, 0.5) is 0 Å². The standard InChI is InChI=1S/C39H54O/c1-23(2)33(31-21-26(38(9,10)11)22-32(35(31)40)39(12,13)14)34-29-19-24(36(3,4)5)15-17-27(29)28-18-16-25(20-30(28)34)37(6,7)8/h15-22,27,29,34,40H,1-14H3. The van der Waals surface area contributed by atoms with Crippen molar-refractivity contribution in [2.75, 3.05) is 0 Å². The fourth-order valence-corrected chi connectivity index (χ4v) is 6.58. The van der Waals surface area contributed by atoms with E-state index in [0.717, 1.165) is 11.1 Å². The highest BCUT2D eigenvalue weighted by molar-refractivity contribution is 5.82. The molecule has 2 aromatic rings. The topological polar surface area (TPSA) is 20.2 Å². The Morgan fingerprint density at radius 3 is 1.77 bits per heavy atom. The van der Waals surface area contributed by atoms with Crippen molar-refractivity contribution in [3.05, 3.63) is 93.1 Å². The number of hydrogen-bond acceptors (Lipinski definition) is 1. The third-order valence-electron chi connectivity index (χ3n) is 9.09. The second-order valence-electron chi connectivity index (χ2n) is 16.7. The lowest BCUT2D eigenvalue weighted by molar-refractivity contribution is 0.441. The van der Waals surface area contributed by atoms with Gasteiger partial charge in [-0.1, -0.05) is 131 Å². The van der Waals surface area contributed by atoms with Gasteiger partial charge in [-0.3, -0.25) is 0 Å². The largest absolute Gasteiger partial charge is 0.507 e. The lowest BCUT2D eigenvalue weighted by Gasteiger charge is -2.33. The Kier molecular flexibility index (Phi) is 7.44. The zero-order valence-electron chi connectivity index (χ0n) is 27.8.